The van der Waals surface area contributed by atoms with Crippen molar-refractivity contribution in [3.8, 4) is 5.75 Å². The number of nitrogen functional groups attached to an aromatic ring is 1. The zero-order valence-electron chi connectivity index (χ0n) is 10.8. The number of hydrogen-bond donors (Lipinski definition) is 1. The van der Waals surface area contributed by atoms with Gasteiger partial charge in [-0.15, -0.1) is 0 Å². The maximum absolute atomic E-state index is 13.5. The van der Waals surface area contributed by atoms with Crippen molar-refractivity contribution in [2.24, 2.45) is 0 Å². The Hall–Kier alpha value is -1.75. The predicted octanol–water partition coefficient (Wildman–Crippen LogP) is 3.57. The highest BCUT2D eigenvalue weighted by atomic mass is 79.9. The van der Waals surface area contributed by atoms with Crippen LogP contribution in [0.4, 0.5) is 15.8 Å². The van der Waals surface area contributed by atoms with E-state index in [-0.39, 0.29) is 5.82 Å². The molecule has 5 heteroatoms. The Morgan fingerprint density at radius 1 is 1.25 bits per heavy atom. The number of nitrogens with two attached hydrogens (primary N) is 1. The summed E-state index contributed by atoms with van der Waals surface area (Å²) in [7, 11) is 0. The lowest BCUT2D eigenvalue weighted by atomic mass is 10.1. The predicted molar refractivity (Wildman–Crippen MR) is 81.5 cm³/mol. The molecule has 0 spiro atoms. The van der Waals surface area contributed by atoms with E-state index in [0.29, 0.717) is 29.9 Å². The van der Waals surface area contributed by atoms with Crippen LogP contribution in [-0.4, -0.2) is 13.2 Å². The molecule has 0 amide bonds. The van der Waals surface area contributed by atoms with E-state index in [1.54, 1.807) is 6.07 Å². The Morgan fingerprint density at radius 3 is 2.90 bits per heavy atom. The van der Waals surface area contributed by atoms with Gasteiger partial charge in [-0.2, -0.15) is 0 Å². The first-order valence-corrected chi connectivity index (χ1v) is 7.14. The molecule has 1 aliphatic heterocycles. The van der Waals surface area contributed by atoms with Gasteiger partial charge >= 0.3 is 0 Å². The number of anilines is 2. The summed E-state index contributed by atoms with van der Waals surface area (Å²) in [6, 6.07) is 11.0. The molecule has 0 radical (unpaired) electrons. The van der Waals surface area contributed by atoms with Crippen molar-refractivity contribution in [1.29, 1.82) is 0 Å². The Kier molecular flexibility index (Phi) is 3.53. The van der Waals surface area contributed by atoms with Gasteiger partial charge in [-0.3, -0.25) is 0 Å². The molecule has 1 heterocycles. The first-order chi connectivity index (χ1) is 9.65. The third kappa shape index (κ3) is 2.45. The fraction of sp³-hybridized carbons (Fsp3) is 0.200. The van der Waals surface area contributed by atoms with E-state index in [4.69, 9.17) is 10.5 Å². The molecule has 0 aromatic heterocycles. The number of fused-ring (bicyclic) bond motifs is 1. The van der Waals surface area contributed by atoms with Crippen molar-refractivity contribution in [1.82, 2.24) is 0 Å². The second-order valence-corrected chi connectivity index (χ2v) is 5.56. The number of benzene rings is 2. The van der Waals surface area contributed by atoms with E-state index < -0.39 is 0 Å². The molecule has 0 unspecified atom stereocenters. The summed E-state index contributed by atoms with van der Waals surface area (Å²) < 4.78 is 19.6. The lowest BCUT2D eigenvalue weighted by Gasteiger charge is -2.24. The van der Waals surface area contributed by atoms with Crippen molar-refractivity contribution < 1.29 is 9.13 Å². The number of para-hydroxylation sites is 1. The second kappa shape index (κ2) is 5.32. The summed E-state index contributed by atoms with van der Waals surface area (Å²) >= 11 is 3.21. The maximum atomic E-state index is 13.5. The van der Waals surface area contributed by atoms with E-state index in [0.717, 1.165) is 17.0 Å². The molecule has 2 aromatic carbocycles. The average molecular weight is 337 g/mol. The highest BCUT2D eigenvalue weighted by Gasteiger charge is 2.18. The second-order valence-electron chi connectivity index (χ2n) is 4.70. The van der Waals surface area contributed by atoms with Gasteiger partial charge in [-0.05, 0) is 28.1 Å². The fourth-order valence-corrected chi connectivity index (χ4v) is 2.69. The van der Waals surface area contributed by atoms with Gasteiger partial charge in [0.1, 0.15) is 18.2 Å². The SMILES string of the molecule is Nc1cc(F)c(Br)cc1N1CCOc2ccccc2C1. The summed E-state index contributed by atoms with van der Waals surface area (Å²) in [5.74, 6) is 0.549. The van der Waals surface area contributed by atoms with E-state index in [1.165, 1.54) is 6.07 Å². The molecular weight excluding hydrogens is 323 g/mol. The molecule has 0 fully saturated rings. The molecule has 2 N–H and O–H groups in total. The Balaban J connectivity index is 1.97. The van der Waals surface area contributed by atoms with Crippen LogP contribution in [-0.2, 0) is 6.54 Å². The summed E-state index contributed by atoms with van der Waals surface area (Å²) in [5.41, 5.74) is 8.30. The topological polar surface area (TPSA) is 38.5 Å². The van der Waals surface area contributed by atoms with Gasteiger partial charge in [0, 0.05) is 18.2 Å². The maximum Gasteiger partial charge on any atom is 0.139 e. The van der Waals surface area contributed by atoms with E-state index in [1.807, 2.05) is 24.3 Å². The Labute approximate surface area is 125 Å². The van der Waals surface area contributed by atoms with Crippen LogP contribution < -0.4 is 15.4 Å². The first-order valence-electron chi connectivity index (χ1n) is 6.35. The minimum absolute atomic E-state index is 0.349. The highest BCUT2D eigenvalue weighted by Crippen LogP contribution is 2.33. The first kappa shape index (κ1) is 13.2. The summed E-state index contributed by atoms with van der Waals surface area (Å²) in [5, 5.41) is 0. The largest absolute Gasteiger partial charge is 0.491 e. The molecular formula is C15H14BrFN2O. The van der Waals surface area contributed by atoms with Crippen LogP contribution >= 0.6 is 15.9 Å². The number of rotatable bonds is 1. The minimum Gasteiger partial charge on any atom is -0.491 e. The number of nitrogens with zero attached hydrogens (tertiary/aromatic N) is 1. The van der Waals surface area contributed by atoms with Gasteiger partial charge in [-0.1, -0.05) is 18.2 Å². The van der Waals surface area contributed by atoms with E-state index in [9.17, 15) is 4.39 Å². The lowest BCUT2D eigenvalue weighted by molar-refractivity contribution is 0.331. The molecule has 0 saturated carbocycles. The van der Waals surface area contributed by atoms with Gasteiger partial charge in [0.05, 0.1) is 22.4 Å². The number of hydrogen-bond acceptors (Lipinski definition) is 3. The van der Waals surface area contributed by atoms with Gasteiger partial charge < -0.3 is 15.4 Å². The molecule has 0 aliphatic carbocycles. The summed E-state index contributed by atoms with van der Waals surface area (Å²) in [6.45, 7) is 1.97. The Bertz CT molecular complexity index is 648. The van der Waals surface area contributed by atoms with Crippen LogP contribution in [0.5, 0.6) is 5.75 Å². The third-order valence-corrected chi connectivity index (χ3v) is 3.97. The van der Waals surface area contributed by atoms with E-state index >= 15 is 0 Å². The average Bonchev–Trinajstić information content (AvgIpc) is 2.65. The van der Waals surface area contributed by atoms with Crippen molar-refractivity contribution in [3.05, 3.63) is 52.3 Å². The molecule has 1 aliphatic rings. The number of halogens is 2. The molecule has 0 saturated heterocycles. The molecule has 0 atom stereocenters. The molecule has 104 valence electrons. The van der Waals surface area contributed by atoms with Crippen molar-refractivity contribution >= 4 is 27.3 Å². The van der Waals surface area contributed by atoms with E-state index in [2.05, 4.69) is 20.8 Å². The molecule has 3 nitrogen and oxygen atoms in total. The van der Waals surface area contributed by atoms with Crippen LogP contribution in [0.15, 0.2) is 40.9 Å². The van der Waals surface area contributed by atoms with Crippen molar-refractivity contribution in [2.75, 3.05) is 23.8 Å². The third-order valence-electron chi connectivity index (χ3n) is 3.36. The zero-order valence-corrected chi connectivity index (χ0v) is 12.4. The molecule has 2 aromatic rings. The lowest BCUT2D eigenvalue weighted by Crippen LogP contribution is -2.26. The van der Waals surface area contributed by atoms with Crippen molar-refractivity contribution in [3.63, 3.8) is 0 Å². The van der Waals surface area contributed by atoms with Gasteiger partial charge in [0.25, 0.3) is 0 Å². The van der Waals surface area contributed by atoms with Gasteiger partial charge in [0.15, 0.2) is 0 Å². The summed E-state index contributed by atoms with van der Waals surface area (Å²) in [6.07, 6.45) is 0. The molecule has 20 heavy (non-hydrogen) atoms. The normalized spacial score (nSPS) is 14.4. The summed E-state index contributed by atoms with van der Waals surface area (Å²) in [4.78, 5) is 2.10. The van der Waals surface area contributed by atoms with Crippen LogP contribution in [0.25, 0.3) is 0 Å². The molecule has 0 bridgehead atoms. The fourth-order valence-electron chi connectivity index (χ4n) is 2.36. The standard InChI is InChI=1S/C15H14BrFN2O/c16-11-7-14(13(18)8-12(11)17)19-5-6-20-15-4-2-1-3-10(15)9-19/h1-4,7-8H,5-6,9,18H2. The minimum atomic E-state index is -0.349. The highest BCUT2D eigenvalue weighted by molar-refractivity contribution is 9.10. The molecule has 3 rings (SSSR count). The van der Waals surface area contributed by atoms with Crippen LogP contribution in [0.2, 0.25) is 0 Å². The van der Waals surface area contributed by atoms with Crippen LogP contribution in [0, 0.1) is 5.82 Å². The zero-order chi connectivity index (χ0) is 14.1. The van der Waals surface area contributed by atoms with Crippen LogP contribution in [0.3, 0.4) is 0 Å². The number of ether oxygens (including phenoxy) is 1. The van der Waals surface area contributed by atoms with Gasteiger partial charge in [-0.25, -0.2) is 4.39 Å². The smallest absolute Gasteiger partial charge is 0.139 e. The quantitative estimate of drug-likeness (QED) is 0.809. The van der Waals surface area contributed by atoms with Crippen LogP contribution in [0.1, 0.15) is 5.56 Å². The Morgan fingerprint density at radius 2 is 2.05 bits per heavy atom. The van der Waals surface area contributed by atoms with Crippen molar-refractivity contribution in [2.45, 2.75) is 6.54 Å². The monoisotopic (exact) mass is 336 g/mol. The van der Waals surface area contributed by atoms with Gasteiger partial charge in [0.2, 0.25) is 0 Å².